The number of piperidine rings is 1. The molecule has 1 unspecified atom stereocenters. The van der Waals surface area contributed by atoms with Crippen molar-refractivity contribution in [2.24, 2.45) is 0 Å². The summed E-state index contributed by atoms with van der Waals surface area (Å²) in [6, 6.07) is 11.8. The number of benzene rings is 1. The van der Waals surface area contributed by atoms with Gasteiger partial charge in [-0.15, -0.1) is 12.4 Å². The van der Waals surface area contributed by atoms with Crippen LogP contribution in [0.5, 0.6) is 0 Å². The van der Waals surface area contributed by atoms with Crippen molar-refractivity contribution < 1.29 is 4.79 Å². The average Bonchev–Trinajstić information content (AvgIpc) is 2.60. The van der Waals surface area contributed by atoms with E-state index in [-0.39, 0.29) is 12.4 Å². The highest BCUT2D eigenvalue weighted by molar-refractivity contribution is 5.85. The normalized spacial score (nSPS) is 19.1. The molecule has 0 saturated carbocycles. The molecular formula is C22H33ClN2O. The van der Waals surface area contributed by atoms with Crippen LogP contribution in [0.3, 0.4) is 0 Å². The maximum Gasteiger partial charge on any atom is 0.222 e. The van der Waals surface area contributed by atoms with E-state index in [9.17, 15) is 4.79 Å². The molecule has 0 radical (unpaired) electrons. The van der Waals surface area contributed by atoms with Crippen LogP contribution < -0.4 is 0 Å². The van der Waals surface area contributed by atoms with Crippen molar-refractivity contribution in [2.75, 3.05) is 20.1 Å². The van der Waals surface area contributed by atoms with Crippen LogP contribution in [0.4, 0.5) is 0 Å². The molecule has 2 aliphatic rings. The Morgan fingerprint density at radius 1 is 1.23 bits per heavy atom. The number of carbonyl (C=O) groups excluding carboxylic acids is 1. The van der Waals surface area contributed by atoms with Crippen LogP contribution in [-0.4, -0.2) is 47.9 Å². The molecule has 144 valence electrons. The van der Waals surface area contributed by atoms with Gasteiger partial charge in [0, 0.05) is 38.6 Å². The van der Waals surface area contributed by atoms with E-state index in [0.29, 0.717) is 24.4 Å². The van der Waals surface area contributed by atoms with E-state index in [1.807, 2.05) is 11.9 Å². The number of carbonyl (C=O) groups is 1. The first-order chi connectivity index (χ1) is 12.2. The lowest BCUT2D eigenvalue weighted by molar-refractivity contribution is -0.132. The van der Waals surface area contributed by atoms with Crippen molar-refractivity contribution in [3.8, 4) is 0 Å². The van der Waals surface area contributed by atoms with Gasteiger partial charge in [0.15, 0.2) is 0 Å². The van der Waals surface area contributed by atoms with Crippen molar-refractivity contribution in [1.82, 2.24) is 9.80 Å². The van der Waals surface area contributed by atoms with E-state index < -0.39 is 0 Å². The van der Waals surface area contributed by atoms with E-state index >= 15 is 0 Å². The Labute approximate surface area is 164 Å². The molecule has 1 heterocycles. The molecule has 1 fully saturated rings. The quantitative estimate of drug-likeness (QED) is 0.656. The molecule has 0 bridgehead atoms. The highest BCUT2D eigenvalue weighted by Gasteiger charge is 2.31. The van der Waals surface area contributed by atoms with E-state index in [0.717, 1.165) is 38.8 Å². The number of rotatable bonds is 7. The van der Waals surface area contributed by atoms with Crippen LogP contribution in [0.25, 0.3) is 0 Å². The monoisotopic (exact) mass is 376 g/mol. The largest absolute Gasteiger partial charge is 0.343 e. The first kappa shape index (κ1) is 21.0. The molecule has 1 atom stereocenters. The number of amides is 1. The van der Waals surface area contributed by atoms with Crippen molar-refractivity contribution in [1.29, 1.82) is 0 Å². The summed E-state index contributed by atoms with van der Waals surface area (Å²) in [5.74, 6) is 0.309. The van der Waals surface area contributed by atoms with Gasteiger partial charge >= 0.3 is 0 Å². The lowest BCUT2D eigenvalue weighted by Crippen LogP contribution is -2.50. The fraction of sp³-hybridized carbons (Fsp3) is 0.591. The molecule has 3 nitrogen and oxygen atoms in total. The number of allylic oxidation sites excluding steroid dienone is 1. The maximum absolute atomic E-state index is 12.2. The third kappa shape index (κ3) is 5.11. The molecule has 1 aromatic rings. The Morgan fingerprint density at radius 2 is 1.88 bits per heavy atom. The van der Waals surface area contributed by atoms with Crippen LogP contribution in [-0.2, 0) is 11.2 Å². The lowest BCUT2D eigenvalue weighted by Gasteiger charge is -2.42. The lowest BCUT2D eigenvalue weighted by atomic mass is 9.86. The van der Waals surface area contributed by atoms with E-state index in [1.165, 1.54) is 18.4 Å². The van der Waals surface area contributed by atoms with Gasteiger partial charge < -0.3 is 4.90 Å². The molecule has 0 aromatic heterocycles. The van der Waals surface area contributed by atoms with Crippen LogP contribution >= 0.6 is 12.4 Å². The summed E-state index contributed by atoms with van der Waals surface area (Å²) >= 11 is 0. The molecular weight excluding hydrogens is 344 g/mol. The highest BCUT2D eigenvalue weighted by atomic mass is 35.5. The second kappa shape index (κ2) is 10.1. The number of halogens is 1. The number of nitrogens with zero attached hydrogens (tertiary/aromatic N) is 2. The maximum atomic E-state index is 12.2. The summed E-state index contributed by atoms with van der Waals surface area (Å²) < 4.78 is 0. The third-order valence-corrected chi connectivity index (χ3v) is 5.88. The second-order valence-electron chi connectivity index (χ2n) is 7.55. The zero-order valence-electron chi connectivity index (χ0n) is 16.2. The molecule has 0 N–H and O–H groups in total. The Morgan fingerprint density at radius 3 is 2.42 bits per heavy atom. The van der Waals surface area contributed by atoms with Gasteiger partial charge in [0.25, 0.3) is 0 Å². The number of likely N-dealkylation sites (tertiary alicyclic amines) is 1. The number of hydrogen-bond donors (Lipinski definition) is 0. The molecule has 4 heteroatoms. The SMILES string of the molecule is CCCC(=O)N(C)C1CCN(C(Cc2ccccc2)C2=CCC2)CC1.Cl. The Hall–Kier alpha value is -1.32. The summed E-state index contributed by atoms with van der Waals surface area (Å²) in [4.78, 5) is 16.8. The smallest absolute Gasteiger partial charge is 0.222 e. The average molecular weight is 377 g/mol. The minimum Gasteiger partial charge on any atom is -0.343 e. The molecule has 0 spiro atoms. The Bertz CT molecular complexity index is 593. The topological polar surface area (TPSA) is 23.6 Å². The van der Waals surface area contributed by atoms with Gasteiger partial charge in [0.1, 0.15) is 0 Å². The molecule has 1 amide bonds. The Balaban J connectivity index is 0.00000243. The molecule has 1 aliphatic carbocycles. The summed E-state index contributed by atoms with van der Waals surface area (Å²) in [7, 11) is 1.99. The fourth-order valence-electron chi connectivity index (χ4n) is 4.12. The fourth-order valence-corrected chi connectivity index (χ4v) is 4.12. The van der Waals surface area contributed by atoms with Gasteiger partial charge in [0.2, 0.25) is 5.91 Å². The standard InChI is InChI=1S/C22H32N2O.ClH/c1-3-8-22(25)23(2)20-13-15-24(16-14-20)21(19-11-7-12-19)17-18-9-5-4-6-10-18;/h4-6,9-11,20-21H,3,7-8,12-17H2,1-2H3;1H. The van der Waals surface area contributed by atoms with Gasteiger partial charge in [0.05, 0.1) is 0 Å². The summed E-state index contributed by atoms with van der Waals surface area (Å²) in [6.45, 7) is 4.28. The first-order valence-corrected chi connectivity index (χ1v) is 9.91. The second-order valence-corrected chi connectivity index (χ2v) is 7.55. The molecule has 1 aliphatic heterocycles. The molecule has 1 aromatic carbocycles. The van der Waals surface area contributed by atoms with Crippen LogP contribution in [0.1, 0.15) is 51.0 Å². The molecule has 26 heavy (non-hydrogen) atoms. The van der Waals surface area contributed by atoms with Crippen molar-refractivity contribution in [3.05, 3.63) is 47.5 Å². The molecule has 3 rings (SSSR count). The van der Waals surface area contributed by atoms with Crippen LogP contribution in [0, 0.1) is 0 Å². The zero-order valence-corrected chi connectivity index (χ0v) is 17.0. The Kier molecular flexibility index (Phi) is 8.17. The van der Waals surface area contributed by atoms with Gasteiger partial charge in [-0.05, 0) is 44.1 Å². The van der Waals surface area contributed by atoms with Crippen LogP contribution in [0.15, 0.2) is 42.0 Å². The van der Waals surface area contributed by atoms with Gasteiger partial charge in [-0.25, -0.2) is 0 Å². The van der Waals surface area contributed by atoms with Crippen molar-refractivity contribution >= 4 is 18.3 Å². The minimum atomic E-state index is 0. The van der Waals surface area contributed by atoms with Gasteiger partial charge in [-0.2, -0.15) is 0 Å². The third-order valence-electron chi connectivity index (χ3n) is 5.88. The first-order valence-electron chi connectivity index (χ1n) is 9.91. The summed E-state index contributed by atoms with van der Waals surface area (Å²) in [5, 5.41) is 0. The predicted octanol–water partition coefficient (Wildman–Crippen LogP) is 4.46. The number of hydrogen-bond acceptors (Lipinski definition) is 2. The van der Waals surface area contributed by atoms with E-state index in [1.54, 1.807) is 5.57 Å². The van der Waals surface area contributed by atoms with Crippen molar-refractivity contribution in [2.45, 2.75) is 64.0 Å². The van der Waals surface area contributed by atoms with E-state index in [4.69, 9.17) is 0 Å². The zero-order chi connectivity index (χ0) is 17.6. The van der Waals surface area contributed by atoms with Gasteiger partial charge in [-0.1, -0.05) is 48.9 Å². The van der Waals surface area contributed by atoms with Gasteiger partial charge in [-0.3, -0.25) is 9.69 Å². The van der Waals surface area contributed by atoms with Crippen molar-refractivity contribution in [3.63, 3.8) is 0 Å². The van der Waals surface area contributed by atoms with Crippen LogP contribution in [0.2, 0.25) is 0 Å². The summed E-state index contributed by atoms with van der Waals surface area (Å²) in [5.41, 5.74) is 3.05. The minimum absolute atomic E-state index is 0. The van der Waals surface area contributed by atoms with E-state index in [2.05, 4.69) is 48.2 Å². The predicted molar refractivity (Wildman–Crippen MR) is 111 cm³/mol. The summed E-state index contributed by atoms with van der Waals surface area (Å²) in [6.07, 6.45) is 9.86. The molecule has 1 saturated heterocycles. The highest BCUT2D eigenvalue weighted by Crippen LogP contribution is 2.30.